The summed E-state index contributed by atoms with van der Waals surface area (Å²) in [5, 5.41) is 10.3. The van der Waals surface area contributed by atoms with E-state index in [9.17, 15) is 4.79 Å². The molecule has 1 atom stereocenters. The minimum Gasteiger partial charge on any atom is -0.383 e. The van der Waals surface area contributed by atoms with Gasteiger partial charge in [0, 0.05) is 18.1 Å². The lowest BCUT2D eigenvalue weighted by Gasteiger charge is -2.04. The van der Waals surface area contributed by atoms with Gasteiger partial charge in [0.05, 0.1) is 19.1 Å². The predicted molar refractivity (Wildman–Crippen MR) is 85.5 cm³/mol. The summed E-state index contributed by atoms with van der Waals surface area (Å²) in [5.41, 5.74) is 0.273. The topological polar surface area (TPSA) is 83.0 Å². The quantitative estimate of drug-likeness (QED) is 0.688. The molecule has 3 aromatic rings. The Balaban J connectivity index is 1.87. The highest BCUT2D eigenvalue weighted by molar-refractivity contribution is 7.10. The molecule has 3 rings (SSSR count). The van der Waals surface area contributed by atoms with Crippen LogP contribution in [0.5, 0.6) is 0 Å². The lowest BCUT2D eigenvalue weighted by molar-refractivity contribution is 0.182. The number of nitrogens with zero attached hydrogens (tertiary/aromatic N) is 4. The van der Waals surface area contributed by atoms with Crippen molar-refractivity contribution in [2.24, 2.45) is 0 Å². The maximum atomic E-state index is 11.8. The molecule has 0 aliphatic rings. The number of aromatic nitrogens is 4. The molecule has 0 fully saturated rings. The SMILES string of the molecule is COCCn1nc(-c2nc([C@H](C)c3cccs3)no2)ccc1=O. The van der Waals surface area contributed by atoms with Gasteiger partial charge >= 0.3 is 0 Å². The summed E-state index contributed by atoms with van der Waals surface area (Å²) in [5.74, 6) is 0.945. The molecule has 0 radical (unpaired) electrons. The molecule has 3 aromatic heterocycles. The number of ether oxygens (including phenoxy) is 1. The second-order valence-corrected chi connectivity index (χ2v) is 5.95. The molecule has 120 valence electrons. The second kappa shape index (κ2) is 6.84. The van der Waals surface area contributed by atoms with Gasteiger partial charge in [-0.1, -0.05) is 18.1 Å². The first-order chi connectivity index (χ1) is 11.2. The molecule has 23 heavy (non-hydrogen) atoms. The maximum Gasteiger partial charge on any atom is 0.278 e. The van der Waals surface area contributed by atoms with Gasteiger partial charge in [-0.25, -0.2) is 4.68 Å². The fourth-order valence-corrected chi connectivity index (χ4v) is 2.86. The highest BCUT2D eigenvalue weighted by Crippen LogP contribution is 2.27. The van der Waals surface area contributed by atoms with Gasteiger partial charge in [0.15, 0.2) is 5.82 Å². The van der Waals surface area contributed by atoms with Crippen LogP contribution < -0.4 is 5.56 Å². The van der Waals surface area contributed by atoms with Gasteiger partial charge in [0.25, 0.3) is 11.4 Å². The minimum absolute atomic E-state index is 0.0481. The van der Waals surface area contributed by atoms with E-state index >= 15 is 0 Å². The Morgan fingerprint density at radius 1 is 1.39 bits per heavy atom. The fourth-order valence-electron chi connectivity index (χ4n) is 2.08. The fraction of sp³-hybridized carbons (Fsp3) is 0.333. The number of methoxy groups -OCH3 is 1. The third-order valence-electron chi connectivity index (χ3n) is 3.39. The molecule has 0 aliphatic heterocycles. The maximum absolute atomic E-state index is 11.8. The molecule has 0 N–H and O–H groups in total. The van der Waals surface area contributed by atoms with Gasteiger partial charge in [-0.05, 0) is 17.5 Å². The average molecular weight is 332 g/mol. The normalized spacial score (nSPS) is 12.4. The van der Waals surface area contributed by atoms with Crippen molar-refractivity contribution in [2.45, 2.75) is 19.4 Å². The number of rotatable bonds is 6. The van der Waals surface area contributed by atoms with Gasteiger partial charge in [0.2, 0.25) is 0 Å². The molecule has 0 amide bonds. The van der Waals surface area contributed by atoms with Crippen LogP contribution in [0.25, 0.3) is 11.6 Å². The Kier molecular flexibility index (Phi) is 4.63. The van der Waals surface area contributed by atoms with Gasteiger partial charge in [0.1, 0.15) is 5.69 Å². The van der Waals surface area contributed by atoms with E-state index < -0.39 is 0 Å². The van der Waals surface area contributed by atoms with Crippen molar-refractivity contribution in [3.8, 4) is 11.6 Å². The number of hydrogen-bond donors (Lipinski definition) is 0. The third kappa shape index (κ3) is 3.38. The first-order valence-electron chi connectivity index (χ1n) is 7.13. The summed E-state index contributed by atoms with van der Waals surface area (Å²) in [6.45, 7) is 2.80. The zero-order valence-electron chi connectivity index (χ0n) is 12.8. The number of hydrogen-bond acceptors (Lipinski definition) is 7. The smallest absolute Gasteiger partial charge is 0.278 e. The summed E-state index contributed by atoms with van der Waals surface area (Å²) in [6, 6.07) is 7.04. The molecule has 0 aliphatic carbocycles. The lowest BCUT2D eigenvalue weighted by Crippen LogP contribution is -2.24. The average Bonchev–Trinajstić information content (AvgIpc) is 3.25. The van der Waals surface area contributed by atoms with Crippen LogP contribution >= 0.6 is 11.3 Å². The van der Waals surface area contributed by atoms with Crippen molar-refractivity contribution in [3.05, 3.63) is 50.7 Å². The molecule has 0 spiro atoms. The lowest BCUT2D eigenvalue weighted by atomic mass is 10.1. The van der Waals surface area contributed by atoms with E-state index in [0.29, 0.717) is 30.6 Å². The van der Waals surface area contributed by atoms with Crippen molar-refractivity contribution < 1.29 is 9.26 Å². The van der Waals surface area contributed by atoms with E-state index in [1.807, 2.05) is 24.4 Å². The Labute approximate surface area is 136 Å². The van der Waals surface area contributed by atoms with E-state index in [2.05, 4.69) is 15.2 Å². The standard InChI is InChI=1S/C15H16N4O3S/c1-10(12-4-3-9-23-12)14-16-15(22-18-14)11-5-6-13(20)19(17-11)7-8-21-2/h3-6,9-10H,7-8H2,1-2H3/t10-/m1/s1. The summed E-state index contributed by atoms with van der Waals surface area (Å²) >= 11 is 1.65. The predicted octanol–water partition coefficient (Wildman–Crippen LogP) is 2.15. The largest absolute Gasteiger partial charge is 0.383 e. The van der Waals surface area contributed by atoms with Gasteiger partial charge < -0.3 is 9.26 Å². The molecular weight excluding hydrogens is 316 g/mol. The van der Waals surface area contributed by atoms with E-state index in [0.717, 1.165) is 4.88 Å². The van der Waals surface area contributed by atoms with E-state index in [1.54, 1.807) is 24.5 Å². The number of thiophene rings is 1. The van der Waals surface area contributed by atoms with Crippen molar-refractivity contribution in [2.75, 3.05) is 13.7 Å². The van der Waals surface area contributed by atoms with Crippen LogP contribution in [-0.4, -0.2) is 33.6 Å². The molecule has 0 aromatic carbocycles. The molecule has 0 unspecified atom stereocenters. The van der Waals surface area contributed by atoms with Crippen LogP contribution in [0.2, 0.25) is 0 Å². The molecular formula is C15H16N4O3S. The van der Waals surface area contributed by atoms with Crippen molar-refractivity contribution in [1.29, 1.82) is 0 Å². The first-order valence-corrected chi connectivity index (χ1v) is 8.01. The molecule has 7 nitrogen and oxygen atoms in total. The molecule has 8 heteroatoms. The van der Waals surface area contributed by atoms with Crippen LogP contribution in [-0.2, 0) is 11.3 Å². The van der Waals surface area contributed by atoms with Gasteiger partial charge in [-0.2, -0.15) is 10.1 Å². The van der Waals surface area contributed by atoms with E-state index in [4.69, 9.17) is 9.26 Å². The van der Waals surface area contributed by atoms with Crippen LogP contribution in [0.1, 0.15) is 23.5 Å². The first kappa shape index (κ1) is 15.6. The summed E-state index contributed by atoms with van der Waals surface area (Å²) in [6.07, 6.45) is 0. The van der Waals surface area contributed by atoms with Crippen LogP contribution in [0.4, 0.5) is 0 Å². The summed E-state index contributed by atoms with van der Waals surface area (Å²) in [4.78, 5) is 17.3. The highest BCUT2D eigenvalue weighted by atomic mass is 32.1. The van der Waals surface area contributed by atoms with Crippen molar-refractivity contribution >= 4 is 11.3 Å². The summed E-state index contributed by atoms with van der Waals surface area (Å²) < 4.78 is 11.6. The van der Waals surface area contributed by atoms with Crippen LogP contribution in [0.15, 0.2) is 39.0 Å². The molecule has 0 saturated heterocycles. The van der Waals surface area contributed by atoms with E-state index in [-0.39, 0.29) is 11.5 Å². The Bertz CT molecular complexity index is 825. The van der Waals surface area contributed by atoms with Gasteiger partial charge in [-0.15, -0.1) is 11.3 Å². The third-order valence-corrected chi connectivity index (χ3v) is 4.45. The van der Waals surface area contributed by atoms with E-state index in [1.165, 1.54) is 10.7 Å². The van der Waals surface area contributed by atoms with Crippen molar-refractivity contribution in [3.63, 3.8) is 0 Å². The van der Waals surface area contributed by atoms with Gasteiger partial charge in [-0.3, -0.25) is 4.79 Å². The zero-order chi connectivity index (χ0) is 16.2. The Hall–Kier alpha value is -2.32. The second-order valence-electron chi connectivity index (χ2n) is 4.97. The van der Waals surface area contributed by atoms with Crippen LogP contribution in [0, 0.1) is 0 Å². The highest BCUT2D eigenvalue weighted by Gasteiger charge is 2.18. The molecule has 0 saturated carbocycles. The Morgan fingerprint density at radius 2 is 2.26 bits per heavy atom. The summed E-state index contributed by atoms with van der Waals surface area (Å²) in [7, 11) is 1.57. The molecule has 0 bridgehead atoms. The monoisotopic (exact) mass is 332 g/mol. The molecule has 3 heterocycles. The van der Waals surface area contributed by atoms with Crippen molar-refractivity contribution in [1.82, 2.24) is 19.9 Å². The minimum atomic E-state index is -0.197. The zero-order valence-corrected chi connectivity index (χ0v) is 13.6. The van der Waals surface area contributed by atoms with Crippen LogP contribution in [0.3, 0.4) is 0 Å². The Morgan fingerprint density at radius 3 is 3.00 bits per heavy atom.